The van der Waals surface area contributed by atoms with Gasteiger partial charge in [-0.15, -0.1) is 0 Å². The fourth-order valence-corrected chi connectivity index (χ4v) is 2.96. The summed E-state index contributed by atoms with van der Waals surface area (Å²) in [5.74, 6) is 1.16. The third-order valence-electron chi connectivity index (χ3n) is 3.78. The highest BCUT2D eigenvalue weighted by Crippen LogP contribution is 2.29. The van der Waals surface area contributed by atoms with E-state index >= 15 is 0 Å². The van der Waals surface area contributed by atoms with E-state index in [1.807, 2.05) is 6.07 Å². The quantitative estimate of drug-likeness (QED) is 0.890. The fraction of sp³-hybridized carbons (Fsp3) is 0.562. The van der Waals surface area contributed by atoms with Crippen molar-refractivity contribution in [2.24, 2.45) is 11.7 Å². The van der Waals surface area contributed by atoms with Crippen molar-refractivity contribution in [1.29, 1.82) is 0 Å². The Balaban J connectivity index is 2.59. The minimum Gasteiger partial charge on any atom is -0.330 e. The van der Waals surface area contributed by atoms with E-state index in [-0.39, 0.29) is 11.9 Å². The highest BCUT2D eigenvalue weighted by Gasteiger charge is 2.25. The van der Waals surface area contributed by atoms with E-state index in [0.717, 1.165) is 29.8 Å². The highest BCUT2D eigenvalue weighted by atomic mass is 19.1. The summed E-state index contributed by atoms with van der Waals surface area (Å²) in [6, 6.07) is 5.00. The third-order valence-corrected chi connectivity index (χ3v) is 3.78. The van der Waals surface area contributed by atoms with Crippen LogP contribution in [0.15, 0.2) is 18.2 Å². The Bertz CT molecular complexity index is 596. The van der Waals surface area contributed by atoms with Gasteiger partial charge in [0.15, 0.2) is 0 Å². The minimum absolute atomic E-state index is 0.193. The summed E-state index contributed by atoms with van der Waals surface area (Å²) in [6.45, 7) is 5.80. The van der Waals surface area contributed by atoms with E-state index in [1.54, 1.807) is 0 Å². The van der Waals surface area contributed by atoms with Crippen molar-refractivity contribution in [2.75, 3.05) is 20.6 Å². The maximum Gasteiger partial charge on any atom is 0.127 e. The lowest BCUT2D eigenvalue weighted by molar-refractivity contribution is 0.219. The van der Waals surface area contributed by atoms with Gasteiger partial charge in [-0.05, 0) is 45.1 Å². The highest BCUT2D eigenvalue weighted by molar-refractivity contribution is 5.76. The molecule has 0 radical (unpaired) electrons. The number of aryl methyl sites for hydroxylation is 1. The average Bonchev–Trinajstić information content (AvgIpc) is 2.72. The Morgan fingerprint density at radius 2 is 2.05 bits per heavy atom. The van der Waals surface area contributed by atoms with Gasteiger partial charge >= 0.3 is 0 Å². The van der Waals surface area contributed by atoms with Gasteiger partial charge in [-0.2, -0.15) is 0 Å². The zero-order chi connectivity index (χ0) is 15.6. The maximum atomic E-state index is 13.5. The molecule has 0 bridgehead atoms. The minimum atomic E-state index is -0.247. The molecule has 2 rings (SSSR count). The van der Waals surface area contributed by atoms with Crippen LogP contribution in [0.1, 0.15) is 32.1 Å². The van der Waals surface area contributed by atoms with Gasteiger partial charge < -0.3 is 10.3 Å². The first kappa shape index (κ1) is 15.9. The van der Waals surface area contributed by atoms with Crippen molar-refractivity contribution in [3.8, 4) is 0 Å². The van der Waals surface area contributed by atoms with Crippen LogP contribution < -0.4 is 5.73 Å². The number of imidazole rings is 1. The molecule has 0 saturated heterocycles. The van der Waals surface area contributed by atoms with Crippen molar-refractivity contribution < 1.29 is 4.39 Å². The first-order valence-electron chi connectivity index (χ1n) is 7.48. The predicted molar refractivity (Wildman–Crippen MR) is 84.6 cm³/mol. The summed E-state index contributed by atoms with van der Waals surface area (Å²) in [5, 5.41) is 0. The smallest absolute Gasteiger partial charge is 0.127 e. The molecule has 2 N–H and O–H groups in total. The summed E-state index contributed by atoms with van der Waals surface area (Å²) >= 11 is 0. The summed E-state index contributed by atoms with van der Waals surface area (Å²) in [5.41, 5.74) is 7.35. The molecule has 0 aliphatic carbocycles. The van der Waals surface area contributed by atoms with Crippen molar-refractivity contribution >= 4 is 11.0 Å². The monoisotopic (exact) mass is 292 g/mol. The molecule has 0 saturated carbocycles. The second-order valence-electron chi connectivity index (χ2n) is 6.05. The topological polar surface area (TPSA) is 47.1 Å². The van der Waals surface area contributed by atoms with Crippen LogP contribution >= 0.6 is 0 Å². The number of hydrogen-bond donors (Lipinski definition) is 1. The summed E-state index contributed by atoms with van der Waals surface area (Å²) in [6.07, 6.45) is 0.883. The molecule has 0 aliphatic rings. The van der Waals surface area contributed by atoms with Crippen LogP contribution in [0.5, 0.6) is 0 Å². The van der Waals surface area contributed by atoms with Gasteiger partial charge in [-0.25, -0.2) is 9.37 Å². The largest absolute Gasteiger partial charge is 0.330 e. The Hall–Kier alpha value is -1.46. The van der Waals surface area contributed by atoms with E-state index in [0.29, 0.717) is 12.5 Å². The van der Waals surface area contributed by atoms with E-state index in [4.69, 9.17) is 10.7 Å². The van der Waals surface area contributed by atoms with Crippen molar-refractivity contribution in [1.82, 2.24) is 14.5 Å². The van der Waals surface area contributed by atoms with E-state index < -0.39 is 0 Å². The lowest BCUT2D eigenvalue weighted by atomic mass is 10.0. The van der Waals surface area contributed by atoms with Gasteiger partial charge in [-0.1, -0.05) is 13.8 Å². The maximum absolute atomic E-state index is 13.5. The normalized spacial score (nSPS) is 13.5. The lowest BCUT2D eigenvalue weighted by Gasteiger charge is -2.28. The molecule has 21 heavy (non-hydrogen) atoms. The van der Waals surface area contributed by atoms with Crippen molar-refractivity contribution in [3.63, 3.8) is 0 Å². The van der Waals surface area contributed by atoms with E-state index in [9.17, 15) is 4.39 Å². The van der Waals surface area contributed by atoms with Gasteiger partial charge in [0.05, 0.1) is 17.1 Å². The molecule has 0 aliphatic heterocycles. The molecule has 0 fully saturated rings. The molecule has 0 spiro atoms. The van der Waals surface area contributed by atoms with Gasteiger partial charge in [0.1, 0.15) is 11.6 Å². The van der Waals surface area contributed by atoms with Gasteiger partial charge in [0.2, 0.25) is 0 Å². The molecule has 2 aromatic rings. The van der Waals surface area contributed by atoms with Crippen LogP contribution in [0.4, 0.5) is 4.39 Å². The molecule has 1 unspecified atom stereocenters. The molecule has 1 aromatic heterocycles. The van der Waals surface area contributed by atoms with Crippen LogP contribution in [0, 0.1) is 11.7 Å². The SMILES string of the molecule is CC(C)C(c1nc2cc(F)ccc2n1CCCN)N(C)C. The van der Waals surface area contributed by atoms with Crippen LogP contribution in [0.25, 0.3) is 11.0 Å². The van der Waals surface area contributed by atoms with Gasteiger partial charge in [-0.3, -0.25) is 4.90 Å². The van der Waals surface area contributed by atoms with Crippen molar-refractivity contribution in [2.45, 2.75) is 32.9 Å². The predicted octanol–water partition coefficient (Wildman–Crippen LogP) is 2.78. The Morgan fingerprint density at radius 1 is 1.33 bits per heavy atom. The first-order chi connectivity index (χ1) is 9.95. The number of nitrogens with two attached hydrogens (primary N) is 1. The van der Waals surface area contributed by atoms with Gasteiger partial charge in [0, 0.05) is 12.6 Å². The fourth-order valence-electron chi connectivity index (χ4n) is 2.96. The molecular formula is C16H25FN4. The van der Waals surface area contributed by atoms with Gasteiger partial charge in [0.25, 0.3) is 0 Å². The van der Waals surface area contributed by atoms with Crippen LogP contribution in [-0.2, 0) is 6.54 Å². The number of benzene rings is 1. The van der Waals surface area contributed by atoms with Crippen LogP contribution in [0.2, 0.25) is 0 Å². The first-order valence-corrected chi connectivity index (χ1v) is 7.48. The molecule has 1 aromatic carbocycles. The summed E-state index contributed by atoms with van der Waals surface area (Å²) in [7, 11) is 4.11. The number of fused-ring (bicyclic) bond motifs is 1. The Morgan fingerprint density at radius 3 is 2.62 bits per heavy atom. The summed E-state index contributed by atoms with van der Waals surface area (Å²) in [4.78, 5) is 6.88. The lowest BCUT2D eigenvalue weighted by Crippen LogP contribution is -2.28. The van der Waals surface area contributed by atoms with Crippen LogP contribution in [-0.4, -0.2) is 35.1 Å². The third kappa shape index (κ3) is 3.24. The number of nitrogens with zero attached hydrogens (tertiary/aromatic N) is 3. The second-order valence-corrected chi connectivity index (χ2v) is 6.05. The zero-order valence-electron chi connectivity index (χ0n) is 13.3. The van der Waals surface area contributed by atoms with Crippen molar-refractivity contribution in [3.05, 3.63) is 29.8 Å². The molecule has 4 nitrogen and oxygen atoms in total. The molecule has 116 valence electrons. The zero-order valence-corrected chi connectivity index (χ0v) is 13.3. The second kappa shape index (κ2) is 6.54. The molecule has 1 atom stereocenters. The standard InChI is InChI=1S/C16H25FN4/c1-11(2)15(20(3)4)16-19-13-10-12(17)6-7-14(13)21(16)9-5-8-18/h6-7,10-11,15H,5,8-9,18H2,1-4H3. The number of hydrogen-bond acceptors (Lipinski definition) is 3. The van der Waals surface area contributed by atoms with Crippen LogP contribution in [0.3, 0.4) is 0 Å². The number of aromatic nitrogens is 2. The molecular weight excluding hydrogens is 267 g/mol. The number of rotatable bonds is 6. The number of halogens is 1. The van der Waals surface area contributed by atoms with E-state index in [1.165, 1.54) is 12.1 Å². The summed E-state index contributed by atoms with van der Waals surface area (Å²) < 4.78 is 15.7. The molecule has 0 amide bonds. The molecule has 1 heterocycles. The Kier molecular flexibility index (Phi) is 4.96. The molecule has 5 heteroatoms. The Labute approximate surface area is 125 Å². The van der Waals surface area contributed by atoms with E-state index in [2.05, 4.69) is 37.4 Å². The average molecular weight is 292 g/mol.